The van der Waals surface area contributed by atoms with E-state index in [2.05, 4.69) is 15.0 Å². The number of aliphatic carboxylic acids is 1. The lowest BCUT2D eigenvalue weighted by Gasteiger charge is -2.03. The zero-order valence-corrected chi connectivity index (χ0v) is 11.2. The summed E-state index contributed by atoms with van der Waals surface area (Å²) in [5, 5.41) is 13.6. The van der Waals surface area contributed by atoms with E-state index in [4.69, 9.17) is 10.8 Å². The van der Waals surface area contributed by atoms with E-state index in [0.717, 1.165) is 6.26 Å². The average Bonchev–Trinajstić information content (AvgIpc) is 2.70. The van der Waals surface area contributed by atoms with Crippen molar-refractivity contribution in [1.82, 2.24) is 9.71 Å². The van der Waals surface area contributed by atoms with Gasteiger partial charge in [0.25, 0.3) is 0 Å². The van der Waals surface area contributed by atoms with Gasteiger partial charge < -0.3 is 16.2 Å². The first kappa shape index (κ1) is 14.8. The van der Waals surface area contributed by atoms with Gasteiger partial charge >= 0.3 is 5.97 Å². The molecule has 1 aromatic rings. The molecule has 0 aliphatic rings. The normalized spacial score (nSPS) is 13.2. The third kappa shape index (κ3) is 4.96. The molecule has 0 fully saturated rings. The molecular formula is C8H14N4O4S2. The van der Waals surface area contributed by atoms with Crippen LogP contribution in [0.25, 0.3) is 0 Å². The molecule has 0 aliphatic heterocycles. The van der Waals surface area contributed by atoms with Crippen LogP contribution >= 0.6 is 11.3 Å². The second-order valence-corrected chi connectivity index (χ2v) is 6.18. The van der Waals surface area contributed by atoms with Crippen LogP contribution in [0, 0.1) is 0 Å². The number of hydrogen-bond donors (Lipinski definition) is 4. The van der Waals surface area contributed by atoms with Crippen molar-refractivity contribution >= 4 is 32.5 Å². The monoisotopic (exact) mass is 294 g/mol. The van der Waals surface area contributed by atoms with Gasteiger partial charge in [-0.3, -0.25) is 4.79 Å². The quantitative estimate of drug-likeness (QED) is 0.483. The number of carboxylic acids is 1. The molecule has 8 nitrogen and oxygen atoms in total. The Morgan fingerprint density at radius 1 is 1.61 bits per heavy atom. The summed E-state index contributed by atoms with van der Waals surface area (Å²) < 4.78 is 23.9. The molecule has 0 amide bonds. The van der Waals surface area contributed by atoms with Crippen molar-refractivity contribution in [2.45, 2.75) is 6.04 Å². The zero-order chi connectivity index (χ0) is 13.8. The van der Waals surface area contributed by atoms with E-state index in [1.54, 1.807) is 5.38 Å². The molecule has 0 bridgehead atoms. The Morgan fingerprint density at radius 2 is 2.28 bits per heavy atom. The van der Waals surface area contributed by atoms with Gasteiger partial charge in [0.05, 0.1) is 11.9 Å². The molecule has 0 spiro atoms. The maximum Gasteiger partial charge on any atom is 0.326 e. The molecule has 0 saturated heterocycles. The first-order chi connectivity index (χ1) is 8.29. The maximum atomic E-state index is 10.8. The fourth-order valence-corrected chi connectivity index (χ4v) is 2.29. The number of carboxylic acid groups (broad SMARTS) is 1. The Balaban J connectivity index is 2.43. The number of thiazole rings is 1. The largest absolute Gasteiger partial charge is 0.480 e. The van der Waals surface area contributed by atoms with Crippen LogP contribution in [-0.4, -0.2) is 43.8 Å². The van der Waals surface area contributed by atoms with Gasteiger partial charge in [-0.1, -0.05) is 0 Å². The first-order valence-corrected chi connectivity index (χ1v) is 7.69. The highest BCUT2D eigenvalue weighted by Crippen LogP contribution is 2.19. The van der Waals surface area contributed by atoms with E-state index in [1.165, 1.54) is 11.3 Å². The van der Waals surface area contributed by atoms with Gasteiger partial charge in [0.1, 0.15) is 6.04 Å². The minimum atomic E-state index is -3.20. The van der Waals surface area contributed by atoms with Crippen molar-refractivity contribution in [3.63, 3.8) is 0 Å². The standard InChI is InChI=1S/C8H14N4O4S2/c1-18(15,16)11-3-2-10-8-12-5(4-17-8)6(9)7(13)14/h4,6,11H,2-3,9H2,1H3,(H,10,12)(H,13,14). The molecular weight excluding hydrogens is 280 g/mol. The van der Waals surface area contributed by atoms with Crippen LogP contribution in [0.4, 0.5) is 5.13 Å². The van der Waals surface area contributed by atoms with Crippen molar-refractivity contribution in [1.29, 1.82) is 0 Å². The van der Waals surface area contributed by atoms with Gasteiger partial charge in [-0.05, 0) is 0 Å². The molecule has 0 aliphatic carbocycles. The molecule has 18 heavy (non-hydrogen) atoms. The minimum absolute atomic E-state index is 0.221. The lowest BCUT2D eigenvalue weighted by atomic mass is 10.2. The van der Waals surface area contributed by atoms with Gasteiger partial charge in [0, 0.05) is 18.5 Å². The van der Waals surface area contributed by atoms with Crippen molar-refractivity contribution in [2.24, 2.45) is 5.73 Å². The Labute approximate surface area is 108 Å². The molecule has 1 rings (SSSR count). The van der Waals surface area contributed by atoms with E-state index < -0.39 is 22.0 Å². The summed E-state index contributed by atoms with van der Waals surface area (Å²) in [6.07, 6.45) is 1.07. The van der Waals surface area contributed by atoms with E-state index in [0.29, 0.717) is 11.7 Å². The maximum absolute atomic E-state index is 10.8. The van der Waals surface area contributed by atoms with Crippen LogP contribution in [0.2, 0.25) is 0 Å². The summed E-state index contributed by atoms with van der Waals surface area (Å²) in [4.78, 5) is 14.6. The number of rotatable bonds is 7. The summed E-state index contributed by atoms with van der Waals surface area (Å²) in [6.45, 7) is 0.570. The van der Waals surface area contributed by atoms with E-state index >= 15 is 0 Å². The number of nitrogens with two attached hydrogens (primary N) is 1. The smallest absolute Gasteiger partial charge is 0.326 e. The Bertz CT molecular complexity index is 513. The highest BCUT2D eigenvalue weighted by molar-refractivity contribution is 7.88. The lowest BCUT2D eigenvalue weighted by molar-refractivity contribution is -0.138. The number of anilines is 1. The predicted octanol–water partition coefficient (Wildman–Crippen LogP) is -0.811. The topological polar surface area (TPSA) is 134 Å². The molecule has 1 aromatic heterocycles. The van der Waals surface area contributed by atoms with Crippen LogP contribution in [0.5, 0.6) is 0 Å². The van der Waals surface area contributed by atoms with Crippen LogP contribution in [0.15, 0.2) is 5.38 Å². The first-order valence-electron chi connectivity index (χ1n) is 4.92. The molecule has 0 radical (unpaired) electrons. The zero-order valence-electron chi connectivity index (χ0n) is 9.58. The summed E-state index contributed by atoms with van der Waals surface area (Å²) in [6, 6.07) is -1.15. The van der Waals surface area contributed by atoms with Crippen LogP contribution in [-0.2, 0) is 14.8 Å². The van der Waals surface area contributed by atoms with Crippen molar-refractivity contribution in [3.05, 3.63) is 11.1 Å². The summed E-state index contributed by atoms with van der Waals surface area (Å²) in [5.41, 5.74) is 5.66. The molecule has 102 valence electrons. The molecule has 5 N–H and O–H groups in total. The van der Waals surface area contributed by atoms with Crippen molar-refractivity contribution < 1.29 is 18.3 Å². The Hall–Kier alpha value is -1.23. The second kappa shape index (κ2) is 6.09. The van der Waals surface area contributed by atoms with Crippen LogP contribution < -0.4 is 15.8 Å². The van der Waals surface area contributed by atoms with E-state index in [-0.39, 0.29) is 12.2 Å². The Kier molecular flexibility index (Phi) is 5.02. The molecule has 1 heterocycles. The lowest BCUT2D eigenvalue weighted by Crippen LogP contribution is -2.27. The van der Waals surface area contributed by atoms with E-state index in [1.807, 2.05) is 0 Å². The third-order valence-electron chi connectivity index (χ3n) is 1.87. The van der Waals surface area contributed by atoms with Gasteiger partial charge in [-0.2, -0.15) is 0 Å². The van der Waals surface area contributed by atoms with Gasteiger partial charge in [-0.25, -0.2) is 18.1 Å². The van der Waals surface area contributed by atoms with Crippen LogP contribution in [0.3, 0.4) is 0 Å². The number of carbonyl (C=O) groups is 1. The Morgan fingerprint density at radius 3 is 2.83 bits per heavy atom. The summed E-state index contributed by atoms with van der Waals surface area (Å²) >= 11 is 1.21. The third-order valence-corrected chi connectivity index (χ3v) is 3.42. The molecule has 0 saturated carbocycles. The molecule has 10 heteroatoms. The van der Waals surface area contributed by atoms with Crippen molar-refractivity contribution in [2.75, 3.05) is 24.7 Å². The molecule has 0 aromatic carbocycles. The number of hydrogen-bond acceptors (Lipinski definition) is 7. The number of sulfonamides is 1. The average molecular weight is 294 g/mol. The number of nitrogens with one attached hydrogen (secondary N) is 2. The van der Waals surface area contributed by atoms with E-state index in [9.17, 15) is 13.2 Å². The van der Waals surface area contributed by atoms with Gasteiger partial charge in [0.2, 0.25) is 10.0 Å². The highest BCUT2D eigenvalue weighted by Gasteiger charge is 2.17. The number of aromatic nitrogens is 1. The number of nitrogens with zero attached hydrogens (tertiary/aromatic N) is 1. The fourth-order valence-electron chi connectivity index (χ4n) is 1.04. The highest BCUT2D eigenvalue weighted by atomic mass is 32.2. The molecule has 1 unspecified atom stereocenters. The van der Waals surface area contributed by atoms with Crippen molar-refractivity contribution in [3.8, 4) is 0 Å². The minimum Gasteiger partial charge on any atom is -0.480 e. The molecule has 1 atom stereocenters. The second-order valence-electron chi connectivity index (χ2n) is 3.49. The van der Waals surface area contributed by atoms with Gasteiger partial charge in [-0.15, -0.1) is 11.3 Å². The summed E-state index contributed by atoms with van der Waals surface area (Å²) in [7, 11) is -3.20. The predicted molar refractivity (Wildman–Crippen MR) is 68.0 cm³/mol. The summed E-state index contributed by atoms with van der Waals surface area (Å²) in [5.74, 6) is -1.15. The van der Waals surface area contributed by atoms with Gasteiger partial charge in [0.15, 0.2) is 5.13 Å². The fraction of sp³-hybridized carbons (Fsp3) is 0.500. The van der Waals surface area contributed by atoms with Crippen LogP contribution in [0.1, 0.15) is 11.7 Å². The SMILES string of the molecule is CS(=O)(=O)NCCNc1nc(C(N)C(=O)O)cs1.